The number of nitrogens with two attached hydrogens (primary N) is 1. The second-order valence-corrected chi connectivity index (χ2v) is 4.95. The fourth-order valence-corrected chi connectivity index (χ4v) is 1.95. The summed E-state index contributed by atoms with van der Waals surface area (Å²) >= 11 is 8.86. The van der Waals surface area contributed by atoms with Crippen LogP contribution in [-0.2, 0) is 0 Å². The van der Waals surface area contributed by atoms with Gasteiger partial charge in [-0.2, -0.15) is 5.26 Å². The summed E-state index contributed by atoms with van der Waals surface area (Å²) in [6.45, 7) is 0. The highest BCUT2D eigenvalue weighted by atomic mass is 79.9. The molecule has 0 atom stereocenters. The lowest BCUT2D eigenvalue weighted by Crippen LogP contribution is -1.95. The van der Waals surface area contributed by atoms with Gasteiger partial charge in [-0.05, 0) is 34.1 Å². The van der Waals surface area contributed by atoms with Crippen molar-refractivity contribution in [3.63, 3.8) is 0 Å². The number of anilines is 1. The number of hydrogen-bond donors (Lipinski definition) is 1. The van der Waals surface area contributed by atoms with E-state index in [0.29, 0.717) is 5.02 Å². The maximum absolute atomic E-state index is 13.5. The van der Waals surface area contributed by atoms with E-state index in [1.54, 1.807) is 6.07 Å². The summed E-state index contributed by atoms with van der Waals surface area (Å²) in [6.07, 6.45) is 0. The van der Waals surface area contributed by atoms with Gasteiger partial charge in [0.1, 0.15) is 17.6 Å². The molecule has 96 valence electrons. The van der Waals surface area contributed by atoms with Crippen molar-refractivity contribution in [2.24, 2.45) is 0 Å². The van der Waals surface area contributed by atoms with Crippen molar-refractivity contribution in [3.05, 3.63) is 51.2 Å². The van der Waals surface area contributed by atoms with Gasteiger partial charge in [0, 0.05) is 17.2 Å². The summed E-state index contributed by atoms with van der Waals surface area (Å²) < 4.78 is 19.1. The largest absolute Gasteiger partial charge is 0.454 e. The monoisotopic (exact) mass is 340 g/mol. The fraction of sp³-hybridized carbons (Fsp3) is 0. The third-order valence-electron chi connectivity index (χ3n) is 2.34. The molecule has 2 aromatic carbocycles. The quantitative estimate of drug-likeness (QED) is 0.819. The Kier molecular flexibility index (Phi) is 3.93. The van der Waals surface area contributed by atoms with Crippen molar-refractivity contribution in [1.82, 2.24) is 0 Å². The minimum Gasteiger partial charge on any atom is -0.454 e. The van der Waals surface area contributed by atoms with Crippen LogP contribution in [0, 0.1) is 17.1 Å². The smallest absolute Gasteiger partial charge is 0.153 e. The molecule has 0 bridgehead atoms. The maximum Gasteiger partial charge on any atom is 0.153 e. The Hall–Kier alpha value is -1.77. The Morgan fingerprint density at radius 1 is 1.26 bits per heavy atom. The van der Waals surface area contributed by atoms with Crippen LogP contribution in [0.25, 0.3) is 0 Å². The third-order valence-corrected chi connectivity index (χ3v) is 3.18. The van der Waals surface area contributed by atoms with E-state index in [-0.39, 0.29) is 27.2 Å². The zero-order valence-electron chi connectivity index (χ0n) is 9.45. The van der Waals surface area contributed by atoms with E-state index in [1.807, 2.05) is 6.07 Å². The van der Waals surface area contributed by atoms with Gasteiger partial charge in [0.15, 0.2) is 5.75 Å². The predicted octanol–water partition coefficient (Wildman–Crippen LogP) is 4.49. The van der Waals surface area contributed by atoms with E-state index in [4.69, 9.17) is 27.3 Å². The highest BCUT2D eigenvalue weighted by molar-refractivity contribution is 9.10. The minimum atomic E-state index is -0.510. The topological polar surface area (TPSA) is 59.0 Å². The number of benzene rings is 2. The van der Waals surface area contributed by atoms with Crippen molar-refractivity contribution in [2.75, 3.05) is 5.73 Å². The van der Waals surface area contributed by atoms with Crippen molar-refractivity contribution in [3.8, 4) is 17.6 Å². The molecule has 0 saturated heterocycles. The first-order valence-electron chi connectivity index (χ1n) is 5.13. The zero-order chi connectivity index (χ0) is 14.0. The van der Waals surface area contributed by atoms with E-state index >= 15 is 0 Å². The highest BCUT2D eigenvalue weighted by Gasteiger charge is 2.11. The molecular formula is C13H7BrClFN2O. The van der Waals surface area contributed by atoms with Gasteiger partial charge in [-0.25, -0.2) is 4.39 Å². The molecule has 0 aliphatic carbocycles. The highest BCUT2D eigenvalue weighted by Crippen LogP contribution is 2.34. The number of rotatable bonds is 2. The second kappa shape index (κ2) is 5.47. The van der Waals surface area contributed by atoms with Gasteiger partial charge in [0.2, 0.25) is 0 Å². The van der Waals surface area contributed by atoms with Gasteiger partial charge in [0.05, 0.1) is 15.7 Å². The SMILES string of the molecule is N#Cc1ccc(Cl)cc1Oc1cc(F)c(Br)cc1N. The van der Waals surface area contributed by atoms with Crippen LogP contribution in [0.2, 0.25) is 5.02 Å². The third kappa shape index (κ3) is 2.98. The summed E-state index contributed by atoms with van der Waals surface area (Å²) in [7, 11) is 0. The molecular weight excluding hydrogens is 335 g/mol. The average molecular weight is 342 g/mol. The van der Waals surface area contributed by atoms with Gasteiger partial charge in [-0.3, -0.25) is 0 Å². The first kappa shape index (κ1) is 13.7. The van der Waals surface area contributed by atoms with Gasteiger partial charge < -0.3 is 10.5 Å². The average Bonchev–Trinajstić information content (AvgIpc) is 2.36. The van der Waals surface area contributed by atoms with Gasteiger partial charge in [-0.15, -0.1) is 0 Å². The molecule has 2 aromatic rings. The van der Waals surface area contributed by atoms with Crippen molar-refractivity contribution >= 4 is 33.2 Å². The van der Waals surface area contributed by atoms with E-state index in [2.05, 4.69) is 15.9 Å². The minimum absolute atomic E-state index is 0.125. The molecule has 2 N–H and O–H groups in total. The number of ether oxygens (including phenoxy) is 1. The molecule has 0 spiro atoms. The normalized spacial score (nSPS) is 10.0. The maximum atomic E-state index is 13.5. The van der Waals surface area contributed by atoms with Gasteiger partial charge in [-0.1, -0.05) is 11.6 Å². The Balaban J connectivity index is 2.45. The summed E-state index contributed by atoms with van der Waals surface area (Å²) in [5.74, 6) is -0.160. The summed E-state index contributed by atoms with van der Waals surface area (Å²) in [5.41, 5.74) is 6.26. The van der Waals surface area contributed by atoms with Crippen LogP contribution >= 0.6 is 27.5 Å². The van der Waals surface area contributed by atoms with Crippen LogP contribution in [0.15, 0.2) is 34.8 Å². The first-order valence-corrected chi connectivity index (χ1v) is 6.30. The van der Waals surface area contributed by atoms with Crippen LogP contribution in [0.1, 0.15) is 5.56 Å². The predicted molar refractivity (Wildman–Crippen MR) is 74.8 cm³/mol. The van der Waals surface area contributed by atoms with E-state index < -0.39 is 5.82 Å². The molecule has 0 aromatic heterocycles. The molecule has 19 heavy (non-hydrogen) atoms. The number of hydrogen-bond acceptors (Lipinski definition) is 3. The van der Waals surface area contributed by atoms with E-state index in [9.17, 15) is 4.39 Å². The van der Waals surface area contributed by atoms with Crippen molar-refractivity contribution < 1.29 is 9.13 Å². The standard InChI is InChI=1S/C13H7BrClFN2O/c14-9-4-11(18)13(5-10(9)16)19-12-3-8(15)2-1-7(12)6-17/h1-5H,18H2. The van der Waals surface area contributed by atoms with Crippen LogP contribution in [-0.4, -0.2) is 0 Å². The molecule has 0 aliphatic rings. The van der Waals surface area contributed by atoms with Crippen LogP contribution in [0.3, 0.4) is 0 Å². The Labute approximate surface area is 122 Å². The van der Waals surface area contributed by atoms with Gasteiger partial charge in [0.25, 0.3) is 0 Å². The number of nitrogen functional groups attached to an aromatic ring is 1. The number of nitriles is 1. The Morgan fingerprint density at radius 3 is 2.68 bits per heavy atom. The molecule has 0 fully saturated rings. The molecule has 6 heteroatoms. The molecule has 0 unspecified atom stereocenters. The van der Waals surface area contributed by atoms with Crippen molar-refractivity contribution in [1.29, 1.82) is 5.26 Å². The first-order chi connectivity index (χ1) is 9.01. The lowest BCUT2D eigenvalue weighted by atomic mass is 10.2. The van der Waals surface area contributed by atoms with Gasteiger partial charge >= 0.3 is 0 Å². The van der Waals surface area contributed by atoms with E-state index in [1.165, 1.54) is 18.2 Å². The molecule has 0 radical (unpaired) electrons. The van der Waals surface area contributed by atoms with Crippen LogP contribution in [0.4, 0.5) is 10.1 Å². The fourth-order valence-electron chi connectivity index (χ4n) is 1.42. The second-order valence-electron chi connectivity index (χ2n) is 3.66. The lowest BCUT2D eigenvalue weighted by Gasteiger charge is -2.10. The van der Waals surface area contributed by atoms with Crippen LogP contribution < -0.4 is 10.5 Å². The molecule has 0 amide bonds. The molecule has 3 nitrogen and oxygen atoms in total. The van der Waals surface area contributed by atoms with Crippen LogP contribution in [0.5, 0.6) is 11.5 Å². The molecule has 2 rings (SSSR count). The number of nitrogens with zero attached hydrogens (tertiary/aromatic N) is 1. The lowest BCUT2D eigenvalue weighted by molar-refractivity contribution is 0.477. The summed E-state index contributed by atoms with van der Waals surface area (Å²) in [4.78, 5) is 0. The molecule has 0 heterocycles. The summed E-state index contributed by atoms with van der Waals surface area (Å²) in [5, 5.41) is 9.38. The Morgan fingerprint density at radius 2 is 2.00 bits per heavy atom. The van der Waals surface area contributed by atoms with E-state index in [0.717, 1.165) is 6.07 Å². The molecule has 0 aliphatic heterocycles. The number of halogens is 3. The Bertz CT molecular complexity index is 685. The zero-order valence-corrected chi connectivity index (χ0v) is 11.8. The van der Waals surface area contributed by atoms with Crippen molar-refractivity contribution in [2.45, 2.75) is 0 Å². The molecule has 0 saturated carbocycles. The summed E-state index contributed by atoms with van der Waals surface area (Å²) in [6, 6.07) is 9.05.